The predicted octanol–water partition coefficient (Wildman–Crippen LogP) is 1.44. The van der Waals surface area contributed by atoms with E-state index in [2.05, 4.69) is 20.0 Å². The summed E-state index contributed by atoms with van der Waals surface area (Å²) < 4.78 is 4.58. The van der Waals surface area contributed by atoms with E-state index >= 15 is 0 Å². The third kappa shape index (κ3) is 3.53. The number of hydrogen-bond donors (Lipinski definition) is 2. The second-order valence-electron chi connectivity index (χ2n) is 4.09. The summed E-state index contributed by atoms with van der Waals surface area (Å²) in [6.07, 6.45) is 2.33. The fourth-order valence-electron chi connectivity index (χ4n) is 1.78. The number of carbonyl (C=O) groups is 1. The van der Waals surface area contributed by atoms with Gasteiger partial charge in [-0.25, -0.2) is 9.78 Å². The van der Waals surface area contributed by atoms with Gasteiger partial charge in [0.15, 0.2) is 0 Å². The Bertz CT molecular complexity index is 676. The maximum atomic E-state index is 11.1. The number of nitrogens with two attached hydrogens (primary N) is 1. The Balaban J connectivity index is 2.17. The predicted molar refractivity (Wildman–Crippen MR) is 74.8 cm³/mol. The summed E-state index contributed by atoms with van der Waals surface area (Å²) in [5, 5.41) is 14.0. The normalized spacial score (nSPS) is 10.3. The van der Waals surface area contributed by atoms with Crippen molar-refractivity contribution in [2.75, 3.05) is 18.5 Å². The minimum Gasteiger partial charge on any atom is -0.450 e. The highest BCUT2D eigenvalue weighted by molar-refractivity contribution is 5.92. The number of anilines is 1. The van der Waals surface area contributed by atoms with Crippen LogP contribution >= 0.6 is 0 Å². The minimum atomic E-state index is -0.850. The molecule has 0 spiro atoms. The van der Waals surface area contributed by atoms with Crippen molar-refractivity contribution in [2.45, 2.75) is 6.42 Å². The van der Waals surface area contributed by atoms with Gasteiger partial charge in [-0.3, -0.25) is 15.1 Å². The molecule has 2 aromatic heterocycles. The van der Waals surface area contributed by atoms with Gasteiger partial charge in [0.05, 0.1) is 17.0 Å². The monoisotopic (exact) mass is 291 g/mol. The molecule has 0 aliphatic carbocycles. The molecule has 0 atom stereocenters. The Morgan fingerprint density at radius 1 is 1.48 bits per heavy atom. The van der Waals surface area contributed by atoms with Crippen LogP contribution in [-0.2, 0) is 4.74 Å². The first-order chi connectivity index (χ1) is 10.1. The molecule has 9 nitrogen and oxygen atoms in total. The maximum Gasteiger partial charge on any atom is 0.404 e. The van der Waals surface area contributed by atoms with Gasteiger partial charge in [-0.05, 0) is 18.6 Å². The lowest BCUT2D eigenvalue weighted by atomic mass is 10.2. The molecule has 21 heavy (non-hydrogen) atoms. The van der Waals surface area contributed by atoms with Crippen molar-refractivity contribution in [3.05, 3.63) is 34.6 Å². The Morgan fingerprint density at radius 3 is 3.00 bits per heavy atom. The first-order valence-electron chi connectivity index (χ1n) is 6.14. The maximum absolute atomic E-state index is 11.1. The van der Waals surface area contributed by atoms with Crippen molar-refractivity contribution in [1.82, 2.24) is 9.97 Å². The van der Waals surface area contributed by atoms with E-state index in [1.54, 1.807) is 12.1 Å². The highest BCUT2D eigenvalue weighted by Crippen LogP contribution is 2.29. The molecule has 2 heterocycles. The Labute approximate surface area is 119 Å². The number of nitro groups is 1. The standard InChI is InChI=1S/C12H13N5O4/c13-12(18)21-6-2-5-15-11-9(17(19)20)7-16-8-3-1-4-14-10(8)11/h1,3-4,7H,2,5-6H2,(H2,13,18)(H,15,16). The lowest BCUT2D eigenvalue weighted by Crippen LogP contribution is -2.15. The van der Waals surface area contributed by atoms with Gasteiger partial charge < -0.3 is 15.8 Å². The number of fused-ring (bicyclic) bond motifs is 1. The number of nitrogens with zero attached hydrogens (tertiary/aromatic N) is 3. The zero-order chi connectivity index (χ0) is 15.2. The van der Waals surface area contributed by atoms with E-state index in [0.717, 1.165) is 0 Å². The lowest BCUT2D eigenvalue weighted by Gasteiger charge is -2.09. The molecule has 0 unspecified atom stereocenters. The van der Waals surface area contributed by atoms with Gasteiger partial charge >= 0.3 is 11.8 Å². The van der Waals surface area contributed by atoms with Crippen molar-refractivity contribution < 1.29 is 14.5 Å². The minimum absolute atomic E-state index is 0.132. The van der Waals surface area contributed by atoms with E-state index in [9.17, 15) is 14.9 Å². The summed E-state index contributed by atoms with van der Waals surface area (Å²) >= 11 is 0. The van der Waals surface area contributed by atoms with Crippen LogP contribution in [0.3, 0.4) is 0 Å². The lowest BCUT2D eigenvalue weighted by molar-refractivity contribution is -0.384. The molecular weight excluding hydrogens is 278 g/mol. The fraction of sp³-hybridized carbons (Fsp3) is 0.250. The number of carbonyl (C=O) groups excluding carboxylic acids is 1. The van der Waals surface area contributed by atoms with E-state index in [4.69, 9.17) is 5.73 Å². The third-order valence-electron chi connectivity index (χ3n) is 2.67. The van der Waals surface area contributed by atoms with Crippen LogP contribution in [0.1, 0.15) is 6.42 Å². The molecule has 2 rings (SSSR count). The molecule has 9 heteroatoms. The second-order valence-corrected chi connectivity index (χ2v) is 4.09. The summed E-state index contributed by atoms with van der Waals surface area (Å²) in [4.78, 5) is 29.1. The SMILES string of the molecule is NC(=O)OCCCNc1c([N+](=O)[O-])cnc2cccnc12. The Hall–Kier alpha value is -2.97. The van der Waals surface area contributed by atoms with Crippen LogP contribution in [-0.4, -0.2) is 34.1 Å². The number of pyridine rings is 2. The molecule has 0 saturated carbocycles. The zero-order valence-corrected chi connectivity index (χ0v) is 11.0. The topological polar surface area (TPSA) is 133 Å². The van der Waals surface area contributed by atoms with Crippen molar-refractivity contribution in [2.24, 2.45) is 5.73 Å². The molecule has 0 bridgehead atoms. The van der Waals surface area contributed by atoms with Crippen LogP contribution in [0.25, 0.3) is 11.0 Å². The molecule has 3 N–H and O–H groups in total. The molecule has 1 amide bonds. The van der Waals surface area contributed by atoms with Crippen LogP contribution in [0.4, 0.5) is 16.2 Å². The van der Waals surface area contributed by atoms with Gasteiger partial charge in [0.1, 0.15) is 17.4 Å². The summed E-state index contributed by atoms with van der Waals surface area (Å²) in [6, 6.07) is 3.42. The van der Waals surface area contributed by atoms with E-state index < -0.39 is 11.0 Å². The highest BCUT2D eigenvalue weighted by Gasteiger charge is 2.18. The molecule has 0 fully saturated rings. The van der Waals surface area contributed by atoms with Gasteiger partial charge in [-0.1, -0.05) is 0 Å². The van der Waals surface area contributed by atoms with E-state index in [-0.39, 0.29) is 12.3 Å². The van der Waals surface area contributed by atoms with Crippen LogP contribution in [0.2, 0.25) is 0 Å². The number of ether oxygens (including phenoxy) is 1. The Morgan fingerprint density at radius 2 is 2.29 bits per heavy atom. The number of aromatic nitrogens is 2. The van der Waals surface area contributed by atoms with E-state index in [0.29, 0.717) is 29.7 Å². The summed E-state index contributed by atoms with van der Waals surface area (Å²) in [6.45, 7) is 0.496. The largest absolute Gasteiger partial charge is 0.450 e. The first-order valence-corrected chi connectivity index (χ1v) is 6.14. The highest BCUT2D eigenvalue weighted by atomic mass is 16.6. The number of primary amides is 1. The quantitative estimate of drug-likeness (QED) is 0.467. The van der Waals surface area contributed by atoms with Crippen molar-refractivity contribution in [3.8, 4) is 0 Å². The third-order valence-corrected chi connectivity index (χ3v) is 2.67. The van der Waals surface area contributed by atoms with Gasteiger partial charge in [-0.2, -0.15) is 0 Å². The molecule has 110 valence electrons. The van der Waals surface area contributed by atoms with Gasteiger partial charge in [-0.15, -0.1) is 0 Å². The average molecular weight is 291 g/mol. The fourth-order valence-corrected chi connectivity index (χ4v) is 1.78. The average Bonchev–Trinajstić information content (AvgIpc) is 2.46. The summed E-state index contributed by atoms with van der Waals surface area (Å²) in [5.41, 5.74) is 5.95. The number of amides is 1. The molecule has 2 aromatic rings. The van der Waals surface area contributed by atoms with Crippen molar-refractivity contribution >= 4 is 28.5 Å². The molecule has 0 radical (unpaired) electrons. The molecule has 0 aliphatic heterocycles. The van der Waals surface area contributed by atoms with Gasteiger partial charge in [0.2, 0.25) is 0 Å². The number of rotatable bonds is 6. The van der Waals surface area contributed by atoms with Crippen molar-refractivity contribution in [3.63, 3.8) is 0 Å². The van der Waals surface area contributed by atoms with Crippen LogP contribution in [0, 0.1) is 10.1 Å². The summed E-state index contributed by atoms with van der Waals surface area (Å²) in [7, 11) is 0. The van der Waals surface area contributed by atoms with Crippen LogP contribution in [0.5, 0.6) is 0 Å². The van der Waals surface area contributed by atoms with E-state index in [1.165, 1.54) is 12.4 Å². The zero-order valence-electron chi connectivity index (χ0n) is 11.0. The Kier molecular flexibility index (Phi) is 4.44. The van der Waals surface area contributed by atoms with E-state index in [1.807, 2.05) is 0 Å². The number of nitrogens with one attached hydrogen (secondary N) is 1. The van der Waals surface area contributed by atoms with Crippen LogP contribution < -0.4 is 11.1 Å². The summed E-state index contributed by atoms with van der Waals surface area (Å²) in [5.74, 6) is 0. The molecule has 0 saturated heterocycles. The van der Waals surface area contributed by atoms with Gasteiger partial charge in [0.25, 0.3) is 0 Å². The van der Waals surface area contributed by atoms with Gasteiger partial charge in [0, 0.05) is 12.7 Å². The molecule has 0 aliphatic rings. The second kappa shape index (κ2) is 6.46. The molecule has 0 aromatic carbocycles. The number of hydrogen-bond acceptors (Lipinski definition) is 7. The smallest absolute Gasteiger partial charge is 0.404 e. The first kappa shape index (κ1) is 14.4. The van der Waals surface area contributed by atoms with Crippen LogP contribution in [0.15, 0.2) is 24.5 Å². The molecular formula is C12H13N5O4. The van der Waals surface area contributed by atoms with Crippen molar-refractivity contribution in [1.29, 1.82) is 0 Å².